The molecule has 0 aliphatic heterocycles. The molecule has 1 atom stereocenters. The van der Waals surface area contributed by atoms with Crippen molar-refractivity contribution < 1.29 is 32.6 Å². The Labute approximate surface area is 227 Å². The Hall–Kier alpha value is -3.81. The summed E-state index contributed by atoms with van der Waals surface area (Å²) in [5.74, 6) is -0.128. The molecule has 8 heteroatoms. The predicted octanol–water partition coefficient (Wildman–Crippen LogP) is 7.40. The largest absolute Gasteiger partial charge is 0.493 e. The molecule has 0 saturated heterocycles. The molecule has 0 aliphatic rings. The van der Waals surface area contributed by atoms with Crippen molar-refractivity contribution in [1.82, 2.24) is 5.32 Å². The number of ether oxygens (including phenoxy) is 1. The molecule has 208 valence electrons. The number of carbonyl (C=O) groups excluding carboxylic acids is 1. The molecular weight excluding hydrogens is 507 g/mol. The highest BCUT2D eigenvalue weighted by atomic mass is 19.4. The third-order valence-electron chi connectivity index (χ3n) is 6.48. The first-order valence-electron chi connectivity index (χ1n) is 12.9. The number of carboxylic acid groups (broad SMARTS) is 1. The molecule has 0 aromatic heterocycles. The van der Waals surface area contributed by atoms with E-state index < -0.39 is 17.7 Å². The number of benzene rings is 3. The summed E-state index contributed by atoms with van der Waals surface area (Å²) in [5, 5.41) is 11.3. The fourth-order valence-corrected chi connectivity index (χ4v) is 4.65. The molecule has 0 aliphatic carbocycles. The van der Waals surface area contributed by atoms with Crippen LogP contribution in [0.1, 0.15) is 65.2 Å². The quantitative estimate of drug-likeness (QED) is 0.265. The molecule has 0 bridgehead atoms. The molecule has 5 nitrogen and oxygen atoms in total. The van der Waals surface area contributed by atoms with Gasteiger partial charge in [-0.2, -0.15) is 13.2 Å². The molecule has 0 spiro atoms. The van der Waals surface area contributed by atoms with Gasteiger partial charge in [-0.25, -0.2) is 0 Å². The number of hydrogen-bond acceptors (Lipinski definition) is 3. The first-order valence-corrected chi connectivity index (χ1v) is 12.9. The maximum absolute atomic E-state index is 13.0. The second kappa shape index (κ2) is 12.8. The van der Waals surface area contributed by atoms with Gasteiger partial charge in [-0.1, -0.05) is 38.1 Å². The summed E-state index contributed by atoms with van der Waals surface area (Å²) < 4.78 is 45.1. The Balaban J connectivity index is 1.72. The number of carbonyl (C=O) groups is 2. The smallest absolute Gasteiger partial charge is 0.416 e. The van der Waals surface area contributed by atoms with Crippen molar-refractivity contribution >= 4 is 11.9 Å². The van der Waals surface area contributed by atoms with Crippen LogP contribution in [0.2, 0.25) is 0 Å². The van der Waals surface area contributed by atoms with E-state index in [0.29, 0.717) is 29.4 Å². The van der Waals surface area contributed by atoms with Gasteiger partial charge < -0.3 is 15.2 Å². The highest BCUT2D eigenvalue weighted by molar-refractivity contribution is 5.94. The van der Waals surface area contributed by atoms with Gasteiger partial charge in [0, 0.05) is 18.0 Å². The Morgan fingerprint density at radius 2 is 1.54 bits per heavy atom. The molecule has 0 saturated carbocycles. The van der Waals surface area contributed by atoms with Crippen molar-refractivity contribution in [2.24, 2.45) is 5.92 Å². The zero-order chi connectivity index (χ0) is 28.7. The van der Waals surface area contributed by atoms with Crippen LogP contribution in [0.25, 0.3) is 11.1 Å². The number of amides is 1. The summed E-state index contributed by atoms with van der Waals surface area (Å²) in [6.07, 6.45) is -3.64. The number of rotatable bonds is 11. The van der Waals surface area contributed by atoms with Gasteiger partial charge in [-0.15, -0.1) is 0 Å². The van der Waals surface area contributed by atoms with Crippen molar-refractivity contribution in [3.8, 4) is 16.9 Å². The van der Waals surface area contributed by atoms with Crippen LogP contribution in [0.15, 0.2) is 60.7 Å². The van der Waals surface area contributed by atoms with Crippen LogP contribution in [0, 0.1) is 19.8 Å². The molecule has 39 heavy (non-hydrogen) atoms. The van der Waals surface area contributed by atoms with E-state index in [1.807, 2.05) is 38.1 Å². The van der Waals surface area contributed by atoms with Crippen molar-refractivity contribution in [1.29, 1.82) is 0 Å². The van der Waals surface area contributed by atoms with E-state index >= 15 is 0 Å². The zero-order valence-electron chi connectivity index (χ0n) is 22.6. The first-order chi connectivity index (χ1) is 18.3. The van der Waals surface area contributed by atoms with Crippen molar-refractivity contribution in [3.05, 3.63) is 88.5 Å². The van der Waals surface area contributed by atoms with Gasteiger partial charge in [0.2, 0.25) is 0 Å². The highest BCUT2D eigenvalue weighted by Crippen LogP contribution is 2.35. The van der Waals surface area contributed by atoms with E-state index in [-0.39, 0.29) is 24.8 Å². The van der Waals surface area contributed by atoms with Crippen LogP contribution in [-0.4, -0.2) is 30.1 Å². The standard InChI is InChI=1S/C31H34F3NO4/c1-19(2)15-25(22-5-7-24(8-6-22)30(38)35-14-13-28(36)37)18-39-27-16-20(3)29(21(4)17-27)23-9-11-26(12-10-23)31(32,33)34/h5-12,16-17,19,25H,13-15,18H2,1-4H3,(H,35,38)(H,36,37). The van der Waals surface area contributed by atoms with Crippen molar-refractivity contribution in [2.75, 3.05) is 13.2 Å². The number of aryl methyl sites for hydroxylation is 2. The van der Waals surface area contributed by atoms with E-state index in [1.54, 1.807) is 12.1 Å². The summed E-state index contributed by atoms with van der Waals surface area (Å²) >= 11 is 0. The average Bonchev–Trinajstić information content (AvgIpc) is 2.85. The maximum Gasteiger partial charge on any atom is 0.416 e. The predicted molar refractivity (Wildman–Crippen MR) is 145 cm³/mol. The Morgan fingerprint density at radius 1 is 0.949 bits per heavy atom. The molecule has 0 heterocycles. The molecule has 0 fully saturated rings. The zero-order valence-corrected chi connectivity index (χ0v) is 22.6. The SMILES string of the molecule is Cc1cc(OCC(CC(C)C)c2ccc(C(=O)NCCC(=O)O)cc2)cc(C)c1-c1ccc(C(F)(F)F)cc1. The molecule has 3 aromatic carbocycles. The van der Waals surface area contributed by atoms with Gasteiger partial charge >= 0.3 is 12.1 Å². The van der Waals surface area contributed by atoms with Gasteiger partial charge in [0.1, 0.15) is 5.75 Å². The lowest BCUT2D eigenvalue weighted by Gasteiger charge is -2.21. The van der Waals surface area contributed by atoms with Crippen LogP contribution >= 0.6 is 0 Å². The summed E-state index contributed by atoms with van der Waals surface area (Å²) in [6, 6.07) is 16.2. The number of halogens is 3. The van der Waals surface area contributed by atoms with E-state index in [9.17, 15) is 22.8 Å². The van der Waals surface area contributed by atoms with Crippen LogP contribution in [0.5, 0.6) is 5.75 Å². The molecule has 1 amide bonds. The Bertz CT molecular complexity index is 1260. The van der Waals surface area contributed by atoms with Crippen LogP contribution < -0.4 is 10.1 Å². The highest BCUT2D eigenvalue weighted by Gasteiger charge is 2.30. The Kier molecular flexibility index (Phi) is 9.78. The molecule has 3 rings (SSSR count). The van der Waals surface area contributed by atoms with Crippen LogP contribution in [0.3, 0.4) is 0 Å². The molecule has 1 unspecified atom stereocenters. The number of carboxylic acids is 1. The normalized spacial score (nSPS) is 12.3. The van der Waals surface area contributed by atoms with Crippen LogP contribution in [0.4, 0.5) is 13.2 Å². The molecular formula is C31H34F3NO4. The van der Waals surface area contributed by atoms with E-state index in [0.717, 1.165) is 40.8 Å². The van der Waals surface area contributed by atoms with Gasteiger partial charge in [0.15, 0.2) is 0 Å². The fraction of sp³-hybridized carbons (Fsp3) is 0.355. The molecule has 2 N–H and O–H groups in total. The lowest BCUT2D eigenvalue weighted by Crippen LogP contribution is -2.26. The lowest BCUT2D eigenvalue weighted by atomic mass is 9.90. The second-order valence-corrected chi connectivity index (χ2v) is 10.2. The summed E-state index contributed by atoms with van der Waals surface area (Å²) in [6.45, 7) is 8.57. The fourth-order valence-electron chi connectivity index (χ4n) is 4.65. The van der Waals surface area contributed by atoms with Gasteiger partial charge in [0.05, 0.1) is 18.6 Å². The maximum atomic E-state index is 13.0. The lowest BCUT2D eigenvalue weighted by molar-refractivity contribution is -0.138. The minimum atomic E-state index is -4.37. The third-order valence-corrected chi connectivity index (χ3v) is 6.48. The van der Waals surface area contributed by atoms with Gasteiger partial charge in [-0.05, 0) is 90.4 Å². The average molecular weight is 542 g/mol. The number of nitrogens with one attached hydrogen (secondary N) is 1. The minimum absolute atomic E-state index is 0.0657. The van der Waals surface area contributed by atoms with E-state index in [2.05, 4.69) is 19.2 Å². The summed E-state index contributed by atoms with van der Waals surface area (Å²) in [4.78, 5) is 22.9. The minimum Gasteiger partial charge on any atom is -0.493 e. The Morgan fingerprint density at radius 3 is 2.05 bits per heavy atom. The van der Waals surface area contributed by atoms with E-state index in [1.165, 1.54) is 12.1 Å². The van der Waals surface area contributed by atoms with Crippen molar-refractivity contribution in [3.63, 3.8) is 0 Å². The van der Waals surface area contributed by atoms with E-state index in [4.69, 9.17) is 9.84 Å². The number of aliphatic carboxylic acids is 1. The van der Waals surface area contributed by atoms with Crippen LogP contribution in [-0.2, 0) is 11.0 Å². The third kappa shape index (κ3) is 8.34. The van der Waals surface area contributed by atoms with Crippen molar-refractivity contribution in [2.45, 2.75) is 52.6 Å². The molecule has 3 aromatic rings. The van der Waals surface area contributed by atoms with Gasteiger partial charge in [-0.3, -0.25) is 9.59 Å². The molecule has 0 radical (unpaired) electrons. The summed E-state index contributed by atoms with van der Waals surface area (Å²) in [5.41, 5.74) is 4.22. The second-order valence-electron chi connectivity index (χ2n) is 10.2. The first kappa shape index (κ1) is 29.7. The number of alkyl halides is 3. The monoisotopic (exact) mass is 541 g/mol. The summed E-state index contributed by atoms with van der Waals surface area (Å²) in [7, 11) is 0. The van der Waals surface area contributed by atoms with Gasteiger partial charge in [0.25, 0.3) is 5.91 Å². The number of hydrogen-bond donors (Lipinski definition) is 2. The topological polar surface area (TPSA) is 75.6 Å².